The van der Waals surface area contributed by atoms with E-state index in [4.69, 9.17) is 17.3 Å². The maximum absolute atomic E-state index is 12.0. The van der Waals surface area contributed by atoms with Gasteiger partial charge in [0.25, 0.3) is 0 Å². The van der Waals surface area contributed by atoms with Gasteiger partial charge in [-0.25, -0.2) is 13.1 Å². The number of hydrogen-bond donors (Lipinski definition) is 2. The van der Waals surface area contributed by atoms with Crippen molar-refractivity contribution >= 4 is 27.3 Å². The first-order valence-electron chi connectivity index (χ1n) is 6.15. The van der Waals surface area contributed by atoms with Gasteiger partial charge < -0.3 is 10.6 Å². The molecule has 5 nitrogen and oxygen atoms in total. The Labute approximate surface area is 118 Å². The molecular weight excluding hydrogens is 286 g/mol. The Morgan fingerprint density at radius 2 is 2.16 bits per heavy atom. The molecule has 1 aromatic carbocycles. The molecule has 1 fully saturated rings. The van der Waals surface area contributed by atoms with Gasteiger partial charge in [-0.1, -0.05) is 11.6 Å². The van der Waals surface area contributed by atoms with Crippen molar-refractivity contribution in [2.75, 3.05) is 25.9 Å². The first-order valence-corrected chi connectivity index (χ1v) is 8.01. The van der Waals surface area contributed by atoms with E-state index in [1.807, 2.05) is 7.05 Å². The predicted molar refractivity (Wildman–Crippen MR) is 76.7 cm³/mol. The Kier molecular flexibility index (Phi) is 4.35. The molecule has 0 spiro atoms. The monoisotopic (exact) mass is 303 g/mol. The smallest absolute Gasteiger partial charge is 0.240 e. The summed E-state index contributed by atoms with van der Waals surface area (Å²) in [6.07, 6.45) is 2.41. The maximum atomic E-state index is 12.0. The van der Waals surface area contributed by atoms with Crippen molar-refractivity contribution in [3.8, 4) is 0 Å². The summed E-state index contributed by atoms with van der Waals surface area (Å²) in [6, 6.07) is 4.93. The van der Waals surface area contributed by atoms with Crippen LogP contribution in [0.3, 0.4) is 0 Å². The van der Waals surface area contributed by atoms with Gasteiger partial charge in [-0.15, -0.1) is 0 Å². The van der Waals surface area contributed by atoms with E-state index in [0.717, 1.165) is 0 Å². The quantitative estimate of drug-likeness (QED) is 0.777. The topological polar surface area (TPSA) is 75.4 Å². The Hall–Kier alpha value is -0.820. The number of nitrogens with zero attached hydrogens (tertiary/aromatic N) is 1. The van der Waals surface area contributed by atoms with Gasteiger partial charge in [-0.3, -0.25) is 0 Å². The number of nitrogens with one attached hydrogen (secondary N) is 1. The molecule has 1 saturated carbocycles. The van der Waals surface area contributed by atoms with E-state index in [-0.39, 0.29) is 9.92 Å². The standard InChI is InChI=1S/C12H18ClN3O2S/c1-16(9-2-3-9)7-6-15-19(17,18)10-4-5-12(14)11(13)8-10/h4-5,8-9,15H,2-3,6-7,14H2,1H3. The summed E-state index contributed by atoms with van der Waals surface area (Å²) in [5, 5.41) is 0.248. The first kappa shape index (κ1) is 14.6. The number of rotatable bonds is 6. The van der Waals surface area contributed by atoms with Crippen LogP contribution >= 0.6 is 11.6 Å². The summed E-state index contributed by atoms with van der Waals surface area (Å²) < 4.78 is 26.6. The van der Waals surface area contributed by atoms with Crippen LogP contribution in [-0.4, -0.2) is 39.5 Å². The van der Waals surface area contributed by atoms with E-state index < -0.39 is 10.0 Å². The molecule has 1 aliphatic rings. The van der Waals surface area contributed by atoms with Crippen LogP contribution in [0.15, 0.2) is 23.1 Å². The Balaban J connectivity index is 1.95. The van der Waals surface area contributed by atoms with Crippen molar-refractivity contribution in [2.24, 2.45) is 0 Å². The van der Waals surface area contributed by atoms with Crippen LogP contribution in [0.4, 0.5) is 5.69 Å². The highest BCUT2D eigenvalue weighted by molar-refractivity contribution is 7.89. The summed E-state index contributed by atoms with van der Waals surface area (Å²) in [5.74, 6) is 0. The van der Waals surface area contributed by atoms with Gasteiger partial charge in [0, 0.05) is 19.1 Å². The molecule has 0 bridgehead atoms. The van der Waals surface area contributed by atoms with Gasteiger partial charge in [0.05, 0.1) is 15.6 Å². The number of anilines is 1. The van der Waals surface area contributed by atoms with Crippen LogP contribution in [0.25, 0.3) is 0 Å². The average molecular weight is 304 g/mol. The molecule has 0 unspecified atom stereocenters. The molecule has 0 amide bonds. The minimum absolute atomic E-state index is 0.140. The number of sulfonamides is 1. The molecule has 106 valence electrons. The second kappa shape index (κ2) is 5.66. The average Bonchev–Trinajstić information content (AvgIpc) is 3.16. The molecule has 1 aromatic rings. The highest BCUT2D eigenvalue weighted by atomic mass is 35.5. The molecule has 0 saturated heterocycles. The fourth-order valence-electron chi connectivity index (χ4n) is 1.81. The Bertz CT molecular complexity index is 558. The second-order valence-corrected chi connectivity index (χ2v) is 6.97. The van der Waals surface area contributed by atoms with Crippen molar-refractivity contribution in [1.29, 1.82) is 0 Å². The summed E-state index contributed by atoms with van der Waals surface area (Å²) in [6.45, 7) is 1.09. The van der Waals surface area contributed by atoms with E-state index >= 15 is 0 Å². The van der Waals surface area contributed by atoms with E-state index in [2.05, 4.69) is 9.62 Å². The van der Waals surface area contributed by atoms with Crippen LogP contribution in [-0.2, 0) is 10.0 Å². The number of nitrogens with two attached hydrogens (primary N) is 1. The zero-order chi connectivity index (χ0) is 14.0. The van der Waals surface area contributed by atoms with Gasteiger partial charge >= 0.3 is 0 Å². The van der Waals surface area contributed by atoms with Crippen molar-refractivity contribution in [2.45, 2.75) is 23.8 Å². The first-order chi connectivity index (χ1) is 8.90. The van der Waals surface area contributed by atoms with E-state index in [9.17, 15) is 8.42 Å². The molecule has 0 aliphatic heterocycles. The van der Waals surface area contributed by atoms with Gasteiger partial charge in [0.2, 0.25) is 10.0 Å². The van der Waals surface area contributed by atoms with E-state index in [1.54, 1.807) is 0 Å². The molecule has 7 heteroatoms. The van der Waals surface area contributed by atoms with Gasteiger partial charge in [-0.2, -0.15) is 0 Å². The van der Waals surface area contributed by atoms with Crippen LogP contribution in [0.5, 0.6) is 0 Å². The molecule has 3 N–H and O–H groups in total. The summed E-state index contributed by atoms with van der Waals surface area (Å²) in [7, 11) is -1.51. The molecule has 2 rings (SSSR count). The van der Waals surface area contributed by atoms with Crippen LogP contribution < -0.4 is 10.5 Å². The normalized spacial score (nSPS) is 15.9. The SMILES string of the molecule is CN(CCNS(=O)(=O)c1ccc(N)c(Cl)c1)C1CC1. The molecule has 0 atom stereocenters. The number of hydrogen-bond acceptors (Lipinski definition) is 4. The lowest BCUT2D eigenvalue weighted by Crippen LogP contribution is -2.34. The van der Waals surface area contributed by atoms with Crippen molar-refractivity contribution < 1.29 is 8.42 Å². The zero-order valence-electron chi connectivity index (χ0n) is 10.8. The van der Waals surface area contributed by atoms with Crippen molar-refractivity contribution in [1.82, 2.24) is 9.62 Å². The van der Waals surface area contributed by atoms with Crippen LogP contribution in [0, 0.1) is 0 Å². The lowest BCUT2D eigenvalue weighted by Gasteiger charge is -2.15. The lowest BCUT2D eigenvalue weighted by atomic mass is 10.3. The minimum atomic E-state index is -3.52. The molecule has 0 aromatic heterocycles. The summed E-state index contributed by atoms with van der Waals surface area (Å²) >= 11 is 5.83. The largest absolute Gasteiger partial charge is 0.398 e. The highest BCUT2D eigenvalue weighted by Gasteiger charge is 2.25. The van der Waals surface area contributed by atoms with Gasteiger partial charge in [0.15, 0.2) is 0 Å². The maximum Gasteiger partial charge on any atom is 0.240 e. The molecule has 0 heterocycles. The molecular formula is C12H18ClN3O2S. The fraction of sp³-hybridized carbons (Fsp3) is 0.500. The highest BCUT2D eigenvalue weighted by Crippen LogP contribution is 2.25. The van der Waals surface area contributed by atoms with Gasteiger partial charge in [-0.05, 0) is 38.1 Å². The van der Waals surface area contributed by atoms with Crippen molar-refractivity contribution in [3.63, 3.8) is 0 Å². The van der Waals surface area contributed by atoms with E-state index in [0.29, 0.717) is 24.8 Å². The number of nitrogen functional groups attached to an aromatic ring is 1. The zero-order valence-corrected chi connectivity index (χ0v) is 12.3. The second-order valence-electron chi connectivity index (χ2n) is 4.79. The third-order valence-corrected chi connectivity index (χ3v) is 5.00. The van der Waals surface area contributed by atoms with Crippen molar-refractivity contribution in [3.05, 3.63) is 23.2 Å². The Morgan fingerprint density at radius 1 is 1.47 bits per heavy atom. The molecule has 1 aliphatic carbocycles. The third-order valence-electron chi connectivity index (χ3n) is 3.21. The van der Waals surface area contributed by atoms with Crippen LogP contribution in [0.1, 0.15) is 12.8 Å². The number of benzene rings is 1. The van der Waals surface area contributed by atoms with Crippen LogP contribution in [0.2, 0.25) is 5.02 Å². The van der Waals surface area contributed by atoms with E-state index in [1.165, 1.54) is 31.0 Å². The van der Waals surface area contributed by atoms with Gasteiger partial charge in [0.1, 0.15) is 0 Å². The predicted octanol–water partition coefficient (Wildman–Crippen LogP) is 1.29. The molecule has 19 heavy (non-hydrogen) atoms. The summed E-state index contributed by atoms with van der Waals surface area (Å²) in [4.78, 5) is 2.30. The molecule has 0 radical (unpaired) electrons. The lowest BCUT2D eigenvalue weighted by molar-refractivity contribution is 0.329. The third kappa shape index (κ3) is 3.82. The number of halogens is 1. The Morgan fingerprint density at radius 3 is 2.74 bits per heavy atom. The summed E-state index contributed by atoms with van der Waals surface area (Å²) in [5.41, 5.74) is 5.93. The number of likely N-dealkylation sites (N-methyl/N-ethyl adjacent to an activating group) is 1. The fourth-order valence-corrected chi connectivity index (χ4v) is 3.10. The minimum Gasteiger partial charge on any atom is -0.398 e.